The summed E-state index contributed by atoms with van der Waals surface area (Å²) in [5, 5.41) is 5.39. The van der Waals surface area contributed by atoms with Crippen LogP contribution in [-0.4, -0.2) is 27.9 Å². The Morgan fingerprint density at radius 1 is 1.22 bits per heavy atom. The van der Waals surface area contributed by atoms with Crippen molar-refractivity contribution in [1.82, 2.24) is 14.9 Å². The molecule has 0 radical (unpaired) electrons. The third-order valence-electron chi connectivity index (χ3n) is 3.86. The van der Waals surface area contributed by atoms with Crippen LogP contribution in [0.1, 0.15) is 10.4 Å². The molecule has 2 aromatic heterocycles. The Labute approximate surface area is 157 Å². The van der Waals surface area contributed by atoms with Gasteiger partial charge in [-0.15, -0.1) is 11.3 Å². The molecular formula is C18H17FN4O3S. The Hall–Kier alpha value is -3.07. The minimum atomic E-state index is -0.504. The quantitative estimate of drug-likeness (QED) is 0.699. The highest BCUT2D eigenvalue weighted by Crippen LogP contribution is 2.19. The van der Waals surface area contributed by atoms with Crippen molar-refractivity contribution >= 4 is 39.1 Å². The van der Waals surface area contributed by atoms with E-state index in [-0.39, 0.29) is 18.6 Å². The molecule has 2 heterocycles. The number of nitrogens with one attached hydrogen (secondary N) is 2. The Kier molecular flexibility index (Phi) is 5.31. The van der Waals surface area contributed by atoms with Crippen molar-refractivity contribution in [3.05, 3.63) is 57.2 Å². The molecule has 0 saturated heterocycles. The summed E-state index contributed by atoms with van der Waals surface area (Å²) in [5.41, 5.74) is 0.466. The van der Waals surface area contributed by atoms with Crippen molar-refractivity contribution in [1.29, 1.82) is 0 Å². The SMILES string of the molecule is Cc1cc2c(=O)n(CC(=O)NCC(=O)Nc3ccc(C)c(F)c3)cnc2s1. The number of hydrogen-bond acceptors (Lipinski definition) is 5. The first kappa shape index (κ1) is 18.7. The lowest BCUT2D eigenvalue weighted by Crippen LogP contribution is -2.37. The molecule has 0 unspecified atom stereocenters. The van der Waals surface area contributed by atoms with Gasteiger partial charge in [0.1, 0.15) is 17.2 Å². The lowest BCUT2D eigenvalue weighted by Gasteiger charge is -2.09. The fourth-order valence-electron chi connectivity index (χ4n) is 2.46. The van der Waals surface area contributed by atoms with Gasteiger partial charge >= 0.3 is 0 Å². The number of fused-ring (bicyclic) bond motifs is 1. The number of aromatic nitrogens is 2. The van der Waals surface area contributed by atoms with Crippen LogP contribution in [0.25, 0.3) is 10.2 Å². The van der Waals surface area contributed by atoms with Gasteiger partial charge in [0.15, 0.2) is 0 Å². The second-order valence-corrected chi connectivity index (χ2v) is 7.28. The van der Waals surface area contributed by atoms with Gasteiger partial charge in [-0.05, 0) is 37.6 Å². The maximum Gasteiger partial charge on any atom is 0.262 e. The predicted molar refractivity (Wildman–Crippen MR) is 101 cm³/mol. The molecule has 7 nitrogen and oxygen atoms in total. The summed E-state index contributed by atoms with van der Waals surface area (Å²) in [6, 6.07) is 6.06. The molecule has 3 rings (SSSR count). The van der Waals surface area contributed by atoms with Crippen molar-refractivity contribution in [2.45, 2.75) is 20.4 Å². The van der Waals surface area contributed by atoms with Crippen molar-refractivity contribution in [2.75, 3.05) is 11.9 Å². The lowest BCUT2D eigenvalue weighted by atomic mass is 10.2. The van der Waals surface area contributed by atoms with Crippen molar-refractivity contribution in [3.63, 3.8) is 0 Å². The number of benzene rings is 1. The van der Waals surface area contributed by atoms with Gasteiger partial charge in [0.25, 0.3) is 5.56 Å². The van der Waals surface area contributed by atoms with Gasteiger partial charge in [0.05, 0.1) is 18.3 Å². The second-order valence-electron chi connectivity index (χ2n) is 6.04. The number of rotatable bonds is 5. The zero-order chi connectivity index (χ0) is 19.6. The highest BCUT2D eigenvalue weighted by Gasteiger charge is 2.11. The van der Waals surface area contributed by atoms with E-state index in [1.165, 1.54) is 28.3 Å². The van der Waals surface area contributed by atoms with Gasteiger partial charge < -0.3 is 10.6 Å². The molecule has 3 aromatic rings. The average molecular weight is 388 g/mol. The van der Waals surface area contributed by atoms with Crippen molar-refractivity contribution < 1.29 is 14.0 Å². The monoisotopic (exact) mass is 388 g/mol. The van der Waals surface area contributed by atoms with Crippen LogP contribution in [0.5, 0.6) is 0 Å². The van der Waals surface area contributed by atoms with E-state index in [4.69, 9.17) is 0 Å². The Morgan fingerprint density at radius 2 is 2.00 bits per heavy atom. The number of aryl methyl sites for hydroxylation is 2. The molecule has 2 N–H and O–H groups in total. The van der Waals surface area contributed by atoms with Crippen molar-refractivity contribution in [2.24, 2.45) is 0 Å². The molecule has 27 heavy (non-hydrogen) atoms. The molecule has 0 aliphatic rings. The first-order valence-corrected chi connectivity index (χ1v) is 8.93. The first-order chi connectivity index (χ1) is 12.8. The zero-order valence-electron chi connectivity index (χ0n) is 14.7. The van der Waals surface area contributed by atoms with Crippen LogP contribution < -0.4 is 16.2 Å². The fourth-order valence-corrected chi connectivity index (χ4v) is 3.30. The maximum atomic E-state index is 13.5. The third kappa shape index (κ3) is 4.37. The van der Waals surface area contributed by atoms with Crippen LogP contribution in [0.4, 0.5) is 10.1 Å². The second kappa shape index (κ2) is 7.67. The van der Waals surface area contributed by atoms with Gasteiger partial charge in [0, 0.05) is 10.6 Å². The smallest absolute Gasteiger partial charge is 0.262 e. The maximum absolute atomic E-state index is 13.5. The number of carbonyl (C=O) groups excluding carboxylic acids is 2. The van der Waals surface area contributed by atoms with Gasteiger partial charge in [-0.25, -0.2) is 9.37 Å². The molecule has 1 aromatic carbocycles. The average Bonchev–Trinajstić information content (AvgIpc) is 3.00. The molecule has 0 spiro atoms. The zero-order valence-corrected chi connectivity index (χ0v) is 15.5. The van der Waals surface area contributed by atoms with E-state index in [9.17, 15) is 18.8 Å². The van der Waals surface area contributed by atoms with Gasteiger partial charge in [0.2, 0.25) is 11.8 Å². The number of thiophene rings is 1. The number of halogens is 1. The fraction of sp³-hybridized carbons (Fsp3) is 0.222. The summed E-state index contributed by atoms with van der Waals surface area (Å²) in [6.07, 6.45) is 1.31. The Morgan fingerprint density at radius 3 is 2.74 bits per heavy atom. The standard InChI is InChI=1S/C18H17FN4O3S/c1-10-3-4-12(6-14(10)19)22-15(24)7-20-16(25)8-23-9-21-17-13(18(23)26)5-11(2)27-17/h3-6,9H,7-8H2,1-2H3,(H,20,25)(H,22,24). The Bertz CT molecular complexity index is 1090. The van der Waals surface area contributed by atoms with E-state index < -0.39 is 17.6 Å². The molecular weight excluding hydrogens is 371 g/mol. The number of hydrogen-bond donors (Lipinski definition) is 2. The van der Waals surface area contributed by atoms with E-state index in [1.54, 1.807) is 25.1 Å². The van der Waals surface area contributed by atoms with E-state index in [2.05, 4.69) is 15.6 Å². The topological polar surface area (TPSA) is 93.1 Å². The van der Waals surface area contributed by atoms with Gasteiger partial charge in [-0.2, -0.15) is 0 Å². The molecule has 0 saturated carbocycles. The van der Waals surface area contributed by atoms with E-state index >= 15 is 0 Å². The summed E-state index contributed by atoms with van der Waals surface area (Å²) >= 11 is 1.41. The van der Waals surface area contributed by atoms with E-state index in [1.807, 2.05) is 6.92 Å². The number of carbonyl (C=O) groups is 2. The van der Waals surface area contributed by atoms with Crippen LogP contribution in [0.3, 0.4) is 0 Å². The van der Waals surface area contributed by atoms with Gasteiger partial charge in [-0.1, -0.05) is 6.07 Å². The van der Waals surface area contributed by atoms with Crippen LogP contribution in [0.15, 0.2) is 35.4 Å². The molecule has 0 aliphatic heterocycles. The predicted octanol–water partition coefficient (Wildman–Crippen LogP) is 1.97. The summed E-state index contributed by atoms with van der Waals surface area (Å²) in [7, 11) is 0. The first-order valence-electron chi connectivity index (χ1n) is 8.12. The van der Waals surface area contributed by atoms with E-state index in [0.29, 0.717) is 21.5 Å². The van der Waals surface area contributed by atoms with Crippen LogP contribution in [-0.2, 0) is 16.1 Å². The normalized spacial score (nSPS) is 10.8. The number of anilines is 1. The van der Waals surface area contributed by atoms with Crippen LogP contribution in [0, 0.1) is 19.7 Å². The molecule has 140 valence electrons. The van der Waals surface area contributed by atoms with Crippen molar-refractivity contribution in [3.8, 4) is 0 Å². The number of amides is 2. The lowest BCUT2D eigenvalue weighted by molar-refractivity contribution is -0.124. The summed E-state index contributed by atoms with van der Waals surface area (Å²) in [6.45, 7) is 2.95. The molecule has 0 aliphatic carbocycles. The van der Waals surface area contributed by atoms with Crippen LogP contribution >= 0.6 is 11.3 Å². The highest BCUT2D eigenvalue weighted by atomic mass is 32.1. The highest BCUT2D eigenvalue weighted by molar-refractivity contribution is 7.18. The minimum Gasteiger partial charge on any atom is -0.345 e. The molecule has 2 amide bonds. The molecule has 9 heteroatoms. The van der Waals surface area contributed by atoms with Gasteiger partial charge in [-0.3, -0.25) is 19.0 Å². The summed E-state index contributed by atoms with van der Waals surface area (Å²) in [5.74, 6) is -1.43. The van der Waals surface area contributed by atoms with Crippen LogP contribution in [0.2, 0.25) is 0 Å². The minimum absolute atomic E-state index is 0.247. The summed E-state index contributed by atoms with van der Waals surface area (Å²) < 4.78 is 14.7. The molecule has 0 atom stereocenters. The Balaban J connectivity index is 1.58. The molecule has 0 bridgehead atoms. The molecule has 0 fully saturated rings. The largest absolute Gasteiger partial charge is 0.345 e. The summed E-state index contributed by atoms with van der Waals surface area (Å²) in [4.78, 5) is 42.0. The number of nitrogens with zero attached hydrogens (tertiary/aromatic N) is 2. The van der Waals surface area contributed by atoms with E-state index in [0.717, 1.165) is 4.88 Å². The third-order valence-corrected chi connectivity index (χ3v) is 4.82.